The fraction of sp³-hybridized carbons (Fsp3) is 0.412. The Balaban J connectivity index is 1.40. The van der Waals surface area contributed by atoms with Crippen LogP contribution in [0.15, 0.2) is 84.6 Å². The zero-order chi connectivity index (χ0) is 27.1. The van der Waals surface area contributed by atoms with Gasteiger partial charge in [-0.25, -0.2) is 0 Å². The van der Waals surface area contributed by atoms with Crippen molar-refractivity contribution in [3.05, 3.63) is 107 Å². The van der Waals surface area contributed by atoms with Gasteiger partial charge in [0.1, 0.15) is 0 Å². The first-order valence-electron chi connectivity index (χ1n) is 14.3. The second-order valence-electron chi connectivity index (χ2n) is 11.3. The Hall–Kier alpha value is -3.28. The molecule has 0 saturated carbocycles. The van der Waals surface area contributed by atoms with E-state index < -0.39 is 0 Å². The topological polar surface area (TPSA) is 28.2 Å². The van der Waals surface area contributed by atoms with Crippen molar-refractivity contribution in [1.29, 1.82) is 0 Å². The third-order valence-electron chi connectivity index (χ3n) is 9.36. The van der Waals surface area contributed by atoms with E-state index in [4.69, 9.17) is 9.47 Å². The van der Waals surface area contributed by atoms with Gasteiger partial charge >= 0.3 is 0 Å². The van der Waals surface area contributed by atoms with Crippen molar-refractivity contribution in [2.45, 2.75) is 50.5 Å². The molecular weight excluding hydrogens is 482 g/mol. The van der Waals surface area contributed by atoms with Crippen molar-refractivity contribution >= 4 is 0 Å². The molecule has 0 bridgehead atoms. The van der Waals surface area contributed by atoms with Crippen LogP contribution in [0.4, 0.5) is 0 Å². The van der Waals surface area contributed by atoms with Crippen LogP contribution in [-0.2, 0) is 6.42 Å². The van der Waals surface area contributed by atoms with E-state index in [1.165, 1.54) is 22.3 Å². The first-order valence-corrected chi connectivity index (χ1v) is 14.3. The minimum Gasteiger partial charge on any atom is -0.493 e. The highest BCUT2D eigenvalue weighted by atomic mass is 16.5. The number of fused-ring (bicyclic) bond motifs is 3. The SMILES string of the molecule is CC[C@@H]1C[C@H]2c3cc(OC)c(OC)cc3CCN2C=C1C1N(C)[C@@H](c2ccccc2)[C@H](c2ccccc2)N1C. The largest absolute Gasteiger partial charge is 0.493 e. The highest BCUT2D eigenvalue weighted by molar-refractivity contribution is 5.50. The molecule has 3 aliphatic rings. The number of ether oxygens (including phenoxy) is 2. The summed E-state index contributed by atoms with van der Waals surface area (Å²) in [5.74, 6) is 2.16. The summed E-state index contributed by atoms with van der Waals surface area (Å²) in [5, 5.41) is 0. The summed E-state index contributed by atoms with van der Waals surface area (Å²) in [7, 11) is 8.10. The lowest BCUT2D eigenvalue weighted by Gasteiger charge is -2.46. The molecule has 0 aliphatic carbocycles. The summed E-state index contributed by atoms with van der Waals surface area (Å²) >= 11 is 0. The van der Waals surface area contributed by atoms with Crippen LogP contribution < -0.4 is 9.47 Å². The van der Waals surface area contributed by atoms with Gasteiger partial charge in [0, 0.05) is 12.7 Å². The molecule has 5 nitrogen and oxygen atoms in total. The molecule has 1 fully saturated rings. The minimum atomic E-state index is 0.234. The number of hydrogen-bond donors (Lipinski definition) is 0. The fourth-order valence-corrected chi connectivity index (χ4v) is 7.49. The van der Waals surface area contributed by atoms with Crippen molar-refractivity contribution in [3.63, 3.8) is 0 Å². The maximum atomic E-state index is 5.70. The lowest BCUT2D eigenvalue weighted by molar-refractivity contribution is 0.141. The van der Waals surface area contributed by atoms with Gasteiger partial charge in [-0.15, -0.1) is 0 Å². The molecule has 1 saturated heterocycles. The first kappa shape index (κ1) is 26.0. The molecule has 0 radical (unpaired) electrons. The van der Waals surface area contributed by atoms with Crippen LogP contribution in [0, 0.1) is 5.92 Å². The molecule has 3 aromatic rings. The number of methoxy groups -OCH3 is 2. The van der Waals surface area contributed by atoms with Crippen LogP contribution in [0.1, 0.15) is 60.1 Å². The average molecular weight is 524 g/mol. The molecule has 204 valence electrons. The highest BCUT2D eigenvalue weighted by Gasteiger charge is 2.48. The molecular formula is C34H41N3O2. The van der Waals surface area contributed by atoms with E-state index >= 15 is 0 Å². The van der Waals surface area contributed by atoms with Gasteiger partial charge in [-0.2, -0.15) is 0 Å². The molecule has 3 aromatic carbocycles. The Morgan fingerprint density at radius 2 is 1.36 bits per heavy atom. The van der Waals surface area contributed by atoms with E-state index in [1.54, 1.807) is 19.8 Å². The molecule has 0 N–H and O–H groups in total. The Morgan fingerprint density at radius 1 is 0.795 bits per heavy atom. The van der Waals surface area contributed by atoms with Gasteiger partial charge in [0.15, 0.2) is 11.5 Å². The van der Waals surface area contributed by atoms with E-state index in [0.29, 0.717) is 12.0 Å². The van der Waals surface area contributed by atoms with Gasteiger partial charge in [-0.1, -0.05) is 67.6 Å². The second kappa shape index (κ2) is 10.7. The molecule has 3 heterocycles. The molecule has 6 rings (SSSR count). The minimum absolute atomic E-state index is 0.234. The van der Waals surface area contributed by atoms with Gasteiger partial charge in [0.2, 0.25) is 0 Å². The molecule has 3 aliphatic heterocycles. The third kappa shape index (κ3) is 4.42. The number of benzene rings is 3. The number of nitrogens with zero attached hydrogens (tertiary/aromatic N) is 3. The zero-order valence-corrected chi connectivity index (χ0v) is 23.9. The van der Waals surface area contributed by atoms with Gasteiger partial charge < -0.3 is 14.4 Å². The second-order valence-corrected chi connectivity index (χ2v) is 11.3. The zero-order valence-electron chi connectivity index (χ0n) is 23.9. The van der Waals surface area contributed by atoms with Gasteiger partial charge in [0.25, 0.3) is 0 Å². The lowest BCUT2D eigenvalue weighted by Crippen LogP contribution is -2.44. The number of likely N-dealkylation sites (N-methyl/N-ethyl adjacent to an activating group) is 2. The van der Waals surface area contributed by atoms with E-state index in [9.17, 15) is 0 Å². The molecule has 0 spiro atoms. The van der Waals surface area contributed by atoms with Crippen molar-refractivity contribution in [3.8, 4) is 11.5 Å². The summed E-state index contributed by atoms with van der Waals surface area (Å²) in [5.41, 5.74) is 7.08. The summed E-state index contributed by atoms with van der Waals surface area (Å²) in [6.07, 6.45) is 6.02. The van der Waals surface area contributed by atoms with Crippen LogP contribution in [0.25, 0.3) is 0 Å². The van der Waals surface area contributed by atoms with E-state index in [0.717, 1.165) is 37.3 Å². The first-order chi connectivity index (χ1) is 19.0. The van der Waals surface area contributed by atoms with Crippen LogP contribution in [0.2, 0.25) is 0 Å². The van der Waals surface area contributed by atoms with Crippen molar-refractivity contribution in [2.75, 3.05) is 34.9 Å². The quantitative estimate of drug-likeness (QED) is 0.363. The molecule has 0 unspecified atom stereocenters. The third-order valence-corrected chi connectivity index (χ3v) is 9.36. The van der Waals surface area contributed by atoms with Gasteiger partial charge in [0.05, 0.1) is 38.5 Å². The molecule has 4 atom stereocenters. The monoisotopic (exact) mass is 523 g/mol. The molecule has 0 amide bonds. The summed E-state index contributed by atoms with van der Waals surface area (Å²) < 4.78 is 11.3. The van der Waals surface area contributed by atoms with E-state index in [2.05, 4.69) is 115 Å². The normalized spacial score (nSPS) is 25.7. The summed E-state index contributed by atoms with van der Waals surface area (Å²) in [6, 6.07) is 27.4. The molecule has 5 heteroatoms. The number of rotatable bonds is 6. The fourth-order valence-electron chi connectivity index (χ4n) is 7.49. The molecule has 39 heavy (non-hydrogen) atoms. The Kier molecular flexibility index (Phi) is 7.13. The van der Waals surface area contributed by atoms with E-state index in [-0.39, 0.29) is 18.2 Å². The van der Waals surface area contributed by atoms with Crippen molar-refractivity contribution in [1.82, 2.24) is 14.7 Å². The van der Waals surface area contributed by atoms with E-state index in [1.807, 2.05) is 0 Å². The number of hydrogen-bond acceptors (Lipinski definition) is 5. The Morgan fingerprint density at radius 3 is 1.90 bits per heavy atom. The summed E-state index contributed by atoms with van der Waals surface area (Å²) in [4.78, 5) is 7.84. The highest BCUT2D eigenvalue weighted by Crippen LogP contribution is 2.51. The van der Waals surface area contributed by atoms with Crippen LogP contribution in [0.3, 0.4) is 0 Å². The average Bonchev–Trinajstić information content (AvgIpc) is 3.25. The maximum absolute atomic E-state index is 5.70. The van der Waals surface area contributed by atoms with Crippen molar-refractivity contribution in [2.24, 2.45) is 5.92 Å². The summed E-state index contributed by atoms with van der Waals surface area (Å²) in [6.45, 7) is 3.38. The maximum Gasteiger partial charge on any atom is 0.161 e. The lowest BCUT2D eigenvalue weighted by atomic mass is 9.79. The standard InChI is InChI=1S/C34H41N3O2/c1-6-23-19-29-27-21-31(39-5)30(38-4)20-26(27)17-18-37(29)22-28(23)34-35(2)32(24-13-9-7-10-14-24)33(36(34)3)25-15-11-8-12-16-25/h7-16,20-23,29,32-34H,6,17-19H2,1-5H3/t23-,29+,32+,33+/m1/s1. The van der Waals surface area contributed by atoms with Gasteiger partial charge in [-0.3, -0.25) is 9.80 Å². The Labute approximate surface area is 233 Å². The predicted octanol–water partition coefficient (Wildman–Crippen LogP) is 6.60. The van der Waals surface area contributed by atoms with Crippen LogP contribution in [-0.4, -0.2) is 55.7 Å². The van der Waals surface area contributed by atoms with Crippen LogP contribution in [0.5, 0.6) is 11.5 Å². The van der Waals surface area contributed by atoms with Crippen molar-refractivity contribution < 1.29 is 9.47 Å². The van der Waals surface area contributed by atoms with Gasteiger partial charge in [-0.05, 0) is 79.2 Å². The van der Waals surface area contributed by atoms with Crippen LogP contribution >= 0.6 is 0 Å². The smallest absolute Gasteiger partial charge is 0.161 e. The Bertz CT molecular complexity index is 1270. The molecule has 0 aromatic heterocycles. The predicted molar refractivity (Wildman–Crippen MR) is 157 cm³/mol.